The van der Waals surface area contributed by atoms with E-state index in [2.05, 4.69) is 5.32 Å². The summed E-state index contributed by atoms with van der Waals surface area (Å²) in [5, 5.41) is 2.90. The van der Waals surface area contributed by atoms with E-state index in [4.69, 9.17) is 4.74 Å². The number of rotatable bonds is 8. The molecule has 2 fully saturated rings. The largest absolute Gasteiger partial charge is 0.378 e. The van der Waals surface area contributed by atoms with E-state index in [0.717, 1.165) is 5.56 Å². The number of para-hydroxylation sites is 1. The number of ether oxygens (including phenoxy) is 1. The summed E-state index contributed by atoms with van der Waals surface area (Å²) in [6, 6.07) is 16.8. The molecule has 1 N–H and O–H groups in total. The van der Waals surface area contributed by atoms with Crippen molar-refractivity contribution in [3.8, 4) is 0 Å². The average molecular weight is 500 g/mol. The van der Waals surface area contributed by atoms with Crippen LogP contribution in [0.3, 0.4) is 0 Å². The fourth-order valence-electron chi connectivity index (χ4n) is 4.59. The first-order valence-corrected chi connectivity index (χ1v) is 13.8. The van der Waals surface area contributed by atoms with Crippen molar-refractivity contribution in [1.29, 1.82) is 0 Å². The molecule has 2 aliphatic rings. The molecule has 35 heavy (non-hydrogen) atoms. The van der Waals surface area contributed by atoms with Gasteiger partial charge in [0.05, 0.1) is 36.1 Å². The number of morpholine rings is 1. The quantitative estimate of drug-likeness (QED) is 0.603. The van der Waals surface area contributed by atoms with Crippen LogP contribution in [0.1, 0.15) is 35.2 Å². The Labute approximate surface area is 207 Å². The van der Waals surface area contributed by atoms with E-state index in [1.54, 1.807) is 29.2 Å². The maximum atomic E-state index is 13.1. The summed E-state index contributed by atoms with van der Waals surface area (Å²) in [6.45, 7) is 2.63. The third kappa shape index (κ3) is 6.68. The van der Waals surface area contributed by atoms with E-state index >= 15 is 0 Å². The number of carbonyl (C=O) groups excluding carboxylic acids is 2. The van der Waals surface area contributed by atoms with E-state index in [9.17, 15) is 18.0 Å². The van der Waals surface area contributed by atoms with Gasteiger partial charge in [0.25, 0.3) is 5.91 Å². The zero-order valence-corrected chi connectivity index (χ0v) is 20.7. The van der Waals surface area contributed by atoms with Gasteiger partial charge in [0.15, 0.2) is 0 Å². The molecule has 2 heterocycles. The van der Waals surface area contributed by atoms with Gasteiger partial charge in [-0.3, -0.25) is 9.59 Å². The number of aryl methyl sites for hydroxylation is 1. The SMILES string of the molecule is O=C(Nc1ccccc1C(=O)N1CCOCC1)[C@H]1CCCN(S(=O)(=O)CCCc2ccccc2)C1. The number of amides is 2. The zero-order chi connectivity index (χ0) is 24.7. The lowest BCUT2D eigenvalue weighted by molar-refractivity contribution is -0.120. The van der Waals surface area contributed by atoms with E-state index in [1.165, 1.54) is 4.31 Å². The van der Waals surface area contributed by atoms with Gasteiger partial charge in [-0.2, -0.15) is 0 Å². The first-order chi connectivity index (χ1) is 16.9. The molecular weight excluding hydrogens is 466 g/mol. The van der Waals surface area contributed by atoms with Crippen LogP contribution in [0.2, 0.25) is 0 Å². The minimum Gasteiger partial charge on any atom is -0.378 e. The summed E-state index contributed by atoms with van der Waals surface area (Å²) in [5.74, 6) is -0.793. The molecule has 0 spiro atoms. The Bertz CT molecular complexity index is 1120. The van der Waals surface area contributed by atoms with Crippen molar-refractivity contribution in [2.45, 2.75) is 25.7 Å². The summed E-state index contributed by atoms with van der Waals surface area (Å²) in [7, 11) is -3.45. The average Bonchev–Trinajstić information content (AvgIpc) is 2.90. The molecule has 2 amide bonds. The van der Waals surface area contributed by atoms with Crippen LogP contribution >= 0.6 is 0 Å². The number of nitrogens with one attached hydrogen (secondary N) is 1. The topological polar surface area (TPSA) is 96.0 Å². The second-order valence-electron chi connectivity index (χ2n) is 9.04. The minimum absolute atomic E-state index is 0.0626. The third-order valence-electron chi connectivity index (χ3n) is 6.57. The van der Waals surface area contributed by atoms with Crippen molar-refractivity contribution in [2.24, 2.45) is 5.92 Å². The second kappa shape index (κ2) is 11.8. The molecule has 0 unspecified atom stereocenters. The maximum absolute atomic E-state index is 13.1. The van der Waals surface area contributed by atoms with Crippen molar-refractivity contribution < 1.29 is 22.7 Å². The zero-order valence-electron chi connectivity index (χ0n) is 19.9. The number of hydrogen-bond acceptors (Lipinski definition) is 5. The van der Waals surface area contributed by atoms with Crippen LogP contribution in [0.25, 0.3) is 0 Å². The Morgan fingerprint density at radius 3 is 2.46 bits per heavy atom. The fourth-order valence-corrected chi connectivity index (χ4v) is 6.17. The minimum atomic E-state index is -3.45. The molecule has 1 atom stereocenters. The van der Waals surface area contributed by atoms with Gasteiger partial charge in [-0.15, -0.1) is 0 Å². The van der Waals surface area contributed by atoms with Crippen LogP contribution in [0.15, 0.2) is 54.6 Å². The number of anilines is 1. The fraction of sp³-hybridized carbons (Fsp3) is 0.462. The molecule has 0 aliphatic carbocycles. The molecule has 2 aliphatic heterocycles. The summed E-state index contributed by atoms with van der Waals surface area (Å²) >= 11 is 0. The van der Waals surface area contributed by atoms with Crippen LogP contribution in [-0.4, -0.2) is 74.6 Å². The van der Waals surface area contributed by atoms with Crippen molar-refractivity contribution in [3.63, 3.8) is 0 Å². The smallest absolute Gasteiger partial charge is 0.256 e. The summed E-state index contributed by atoms with van der Waals surface area (Å²) in [6.07, 6.45) is 2.48. The predicted molar refractivity (Wildman–Crippen MR) is 135 cm³/mol. The number of piperidine rings is 1. The van der Waals surface area contributed by atoms with Gasteiger partial charge in [0.2, 0.25) is 15.9 Å². The predicted octanol–water partition coefficient (Wildman–Crippen LogP) is 2.77. The molecule has 0 saturated carbocycles. The first kappa shape index (κ1) is 25.3. The monoisotopic (exact) mass is 499 g/mol. The number of carbonyl (C=O) groups is 2. The lowest BCUT2D eigenvalue weighted by Crippen LogP contribution is -2.44. The highest BCUT2D eigenvalue weighted by Gasteiger charge is 2.32. The van der Waals surface area contributed by atoms with Gasteiger partial charge in [0.1, 0.15) is 0 Å². The van der Waals surface area contributed by atoms with Gasteiger partial charge in [-0.25, -0.2) is 12.7 Å². The lowest BCUT2D eigenvalue weighted by atomic mass is 9.98. The molecule has 0 radical (unpaired) electrons. The molecule has 2 saturated heterocycles. The van der Waals surface area contributed by atoms with Crippen molar-refractivity contribution in [2.75, 3.05) is 50.5 Å². The van der Waals surface area contributed by atoms with Crippen LogP contribution in [0.4, 0.5) is 5.69 Å². The molecule has 0 bridgehead atoms. The highest BCUT2D eigenvalue weighted by Crippen LogP contribution is 2.24. The van der Waals surface area contributed by atoms with Crippen LogP contribution in [-0.2, 0) is 26.0 Å². The number of benzene rings is 2. The van der Waals surface area contributed by atoms with Crippen molar-refractivity contribution in [3.05, 3.63) is 65.7 Å². The Morgan fingerprint density at radius 1 is 0.971 bits per heavy atom. The molecule has 0 aromatic heterocycles. The molecule has 2 aromatic rings. The Balaban J connectivity index is 1.36. The van der Waals surface area contributed by atoms with Crippen molar-refractivity contribution in [1.82, 2.24) is 9.21 Å². The van der Waals surface area contributed by atoms with E-state index in [0.29, 0.717) is 69.8 Å². The Kier molecular flexibility index (Phi) is 8.54. The summed E-state index contributed by atoms with van der Waals surface area (Å²) in [4.78, 5) is 27.8. The lowest BCUT2D eigenvalue weighted by Gasteiger charge is -2.31. The number of hydrogen-bond donors (Lipinski definition) is 1. The molecule has 188 valence electrons. The molecule has 8 nitrogen and oxygen atoms in total. The number of nitrogens with zero attached hydrogens (tertiary/aromatic N) is 2. The van der Waals surface area contributed by atoms with Gasteiger partial charge < -0.3 is 15.0 Å². The molecule has 4 rings (SSSR count). The standard InChI is InChI=1S/C26H33N3O5S/c30-25(27-24-13-5-4-12-23(24)26(31)28-15-17-34-18-16-28)22-11-6-14-29(20-22)35(32,33)19-7-10-21-8-2-1-3-9-21/h1-5,8-9,12-13,22H,6-7,10-11,14-20H2,(H,27,30)/t22-/m0/s1. The summed E-state index contributed by atoms with van der Waals surface area (Å²) < 4.78 is 32.7. The van der Waals surface area contributed by atoms with Crippen molar-refractivity contribution >= 4 is 27.5 Å². The highest BCUT2D eigenvalue weighted by molar-refractivity contribution is 7.89. The van der Waals surface area contributed by atoms with Gasteiger partial charge in [0, 0.05) is 26.2 Å². The Hall–Kier alpha value is -2.75. The van der Waals surface area contributed by atoms with Crippen LogP contribution < -0.4 is 5.32 Å². The third-order valence-corrected chi connectivity index (χ3v) is 8.50. The first-order valence-electron chi connectivity index (χ1n) is 12.2. The van der Waals surface area contributed by atoms with Gasteiger partial charge in [-0.1, -0.05) is 42.5 Å². The maximum Gasteiger partial charge on any atom is 0.256 e. The molecular formula is C26H33N3O5S. The van der Waals surface area contributed by atoms with Crippen LogP contribution in [0, 0.1) is 5.92 Å². The van der Waals surface area contributed by atoms with E-state index in [-0.39, 0.29) is 24.1 Å². The van der Waals surface area contributed by atoms with E-state index in [1.807, 2.05) is 30.3 Å². The molecule has 9 heteroatoms. The van der Waals surface area contributed by atoms with Crippen LogP contribution in [0.5, 0.6) is 0 Å². The normalized spacial score (nSPS) is 19.3. The second-order valence-corrected chi connectivity index (χ2v) is 11.1. The van der Waals surface area contributed by atoms with Gasteiger partial charge in [-0.05, 0) is 43.4 Å². The van der Waals surface area contributed by atoms with E-state index < -0.39 is 15.9 Å². The Morgan fingerprint density at radius 2 is 1.69 bits per heavy atom. The van der Waals surface area contributed by atoms with Gasteiger partial charge >= 0.3 is 0 Å². The highest BCUT2D eigenvalue weighted by atomic mass is 32.2. The summed E-state index contributed by atoms with van der Waals surface area (Å²) in [5.41, 5.74) is 2.00. The molecule has 2 aromatic carbocycles. The number of sulfonamides is 1.